The van der Waals surface area contributed by atoms with Gasteiger partial charge in [0.25, 0.3) is 0 Å². The Kier molecular flexibility index (Phi) is 9.94. The van der Waals surface area contributed by atoms with Crippen molar-refractivity contribution in [2.24, 2.45) is 5.73 Å². The summed E-state index contributed by atoms with van der Waals surface area (Å²) < 4.78 is 0. The highest BCUT2D eigenvalue weighted by molar-refractivity contribution is 5.19. The van der Waals surface area contributed by atoms with E-state index in [2.05, 4.69) is 13.8 Å². The second-order valence-corrected chi connectivity index (χ2v) is 2.04. The third kappa shape index (κ3) is 7.28. The molecule has 0 bridgehead atoms. The fourth-order valence-electron chi connectivity index (χ4n) is 0.311. The molecule has 10 heavy (non-hydrogen) atoms. The van der Waals surface area contributed by atoms with Crippen LogP contribution in [-0.2, 0) is 0 Å². The van der Waals surface area contributed by atoms with E-state index < -0.39 is 0 Å². The van der Waals surface area contributed by atoms with Crippen molar-refractivity contribution in [1.82, 2.24) is 0 Å². The van der Waals surface area contributed by atoms with Crippen molar-refractivity contribution >= 4 is 0 Å². The number of hydrogen-bond acceptors (Lipinski definition) is 1. The lowest BCUT2D eigenvalue weighted by molar-refractivity contribution is 1.29. The molecular formula is C9H19N. The maximum atomic E-state index is 5.15. The number of hydrogen-bond donors (Lipinski definition) is 1. The van der Waals surface area contributed by atoms with Crippen molar-refractivity contribution in [1.29, 1.82) is 0 Å². The second kappa shape index (κ2) is 8.28. The van der Waals surface area contributed by atoms with Gasteiger partial charge in [0, 0.05) is 0 Å². The Balaban J connectivity index is 0. The summed E-state index contributed by atoms with van der Waals surface area (Å²) in [7, 11) is 0. The highest BCUT2D eigenvalue weighted by Crippen LogP contribution is 2.01. The molecule has 0 saturated heterocycles. The van der Waals surface area contributed by atoms with Crippen molar-refractivity contribution in [3.8, 4) is 0 Å². The van der Waals surface area contributed by atoms with Crippen molar-refractivity contribution in [3.63, 3.8) is 0 Å². The summed E-state index contributed by atoms with van der Waals surface area (Å²) in [5.74, 6) is 0. The fourth-order valence-corrected chi connectivity index (χ4v) is 0.311. The van der Waals surface area contributed by atoms with Gasteiger partial charge < -0.3 is 5.73 Å². The van der Waals surface area contributed by atoms with Gasteiger partial charge in [-0.15, -0.1) is 0 Å². The van der Waals surface area contributed by atoms with E-state index >= 15 is 0 Å². The number of rotatable bonds is 1. The van der Waals surface area contributed by atoms with Crippen LogP contribution in [0.1, 0.15) is 34.6 Å². The normalized spacial score (nSPS) is 8.50. The van der Waals surface area contributed by atoms with Crippen LogP contribution in [0.25, 0.3) is 0 Å². The molecule has 0 aliphatic heterocycles. The monoisotopic (exact) mass is 141 g/mol. The molecule has 0 aromatic heterocycles. The smallest absolute Gasteiger partial charge is 0.00597 e. The average Bonchev–Trinajstić information content (AvgIpc) is 1.93. The summed E-state index contributed by atoms with van der Waals surface area (Å²) in [5.41, 5.74) is 7.71. The Labute approximate surface area is 64.6 Å². The van der Waals surface area contributed by atoms with Crippen LogP contribution in [0.5, 0.6) is 0 Å². The Morgan fingerprint density at radius 2 is 1.50 bits per heavy atom. The number of allylic oxidation sites excluding steroid dienone is 3. The van der Waals surface area contributed by atoms with Gasteiger partial charge in [-0.05, 0) is 33.0 Å². The molecule has 0 spiro atoms. The first kappa shape index (κ1) is 12.0. The van der Waals surface area contributed by atoms with Gasteiger partial charge in [0.2, 0.25) is 0 Å². The quantitative estimate of drug-likeness (QED) is 0.558. The van der Waals surface area contributed by atoms with Gasteiger partial charge in [0.1, 0.15) is 0 Å². The molecule has 1 nitrogen and oxygen atoms in total. The van der Waals surface area contributed by atoms with Crippen molar-refractivity contribution in [3.05, 3.63) is 23.4 Å². The minimum atomic E-state index is 1.24. The van der Waals surface area contributed by atoms with E-state index in [1.807, 2.05) is 26.8 Å². The molecule has 0 rings (SSSR count). The Bertz CT molecular complexity index is 117. The van der Waals surface area contributed by atoms with Crippen LogP contribution in [0.2, 0.25) is 0 Å². The summed E-state index contributed by atoms with van der Waals surface area (Å²) >= 11 is 0. The second-order valence-electron chi connectivity index (χ2n) is 2.04. The lowest BCUT2D eigenvalue weighted by Gasteiger charge is -1.91. The van der Waals surface area contributed by atoms with Gasteiger partial charge in [-0.25, -0.2) is 0 Å². The van der Waals surface area contributed by atoms with Crippen LogP contribution < -0.4 is 5.73 Å². The highest BCUT2D eigenvalue weighted by atomic mass is 14.5. The molecule has 0 heterocycles. The molecule has 2 N–H and O–H groups in total. The molecule has 0 aliphatic rings. The molecule has 0 aromatic rings. The minimum absolute atomic E-state index is 1.24. The average molecular weight is 141 g/mol. The lowest BCUT2D eigenvalue weighted by Crippen LogP contribution is -1.78. The van der Waals surface area contributed by atoms with E-state index in [9.17, 15) is 0 Å². The Morgan fingerprint density at radius 1 is 1.10 bits per heavy atom. The molecule has 0 amide bonds. The minimum Gasteiger partial charge on any atom is -0.405 e. The standard InChI is InChI=1S/C7H13N.C2H6/c1-6(2)7(3)4-5-8;1-2/h4-5H,8H2,1-3H3;1-2H3/b5-4-;. The summed E-state index contributed by atoms with van der Waals surface area (Å²) in [6, 6.07) is 0. The van der Waals surface area contributed by atoms with E-state index in [-0.39, 0.29) is 0 Å². The third-order valence-corrected chi connectivity index (χ3v) is 1.13. The van der Waals surface area contributed by atoms with E-state index in [0.29, 0.717) is 0 Å². The molecule has 0 saturated carbocycles. The molecule has 0 unspecified atom stereocenters. The molecular weight excluding hydrogens is 122 g/mol. The number of nitrogens with two attached hydrogens (primary N) is 1. The predicted molar refractivity (Wildman–Crippen MR) is 48.7 cm³/mol. The zero-order valence-corrected chi connectivity index (χ0v) is 7.73. The van der Waals surface area contributed by atoms with Crippen molar-refractivity contribution in [2.45, 2.75) is 34.6 Å². The largest absolute Gasteiger partial charge is 0.405 e. The van der Waals surface area contributed by atoms with Gasteiger partial charge in [0.05, 0.1) is 0 Å². The van der Waals surface area contributed by atoms with E-state index in [4.69, 9.17) is 5.73 Å². The van der Waals surface area contributed by atoms with Gasteiger partial charge in [0.15, 0.2) is 0 Å². The van der Waals surface area contributed by atoms with Gasteiger partial charge in [-0.2, -0.15) is 0 Å². The van der Waals surface area contributed by atoms with Crippen LogP contribution in [-0.4, -0.2) is 0 Å². The Hall–Kier alpha value is -0.720. The molecule has 0 aliphatic carbocycles. The maximum absolute atomic E-state index is 5.15. The summed E-state index contributed by atoms with van der Waals surface area (Å²) in [6.45, 7) is 10.2. The first-order chi connectivity index (χ1) is 4.68. The zero-order valence-electron chi connectivity index (χ0n) is 7.73. The highest BCUT2D eigenvalue weighted by Gasteiger charge is 1.81. The van der Waals surface area contributed by atoms with E-state index in [1.54, 1.807) is 6.20 Å². The van der Waals surface area contributed by atoms with Crippen molar-refractivity contribution < 1.29 is 0 Å². The topological polar surface area (TPSA) is 26.0 Å². The first-order valence-corrected chi connectivity index (χ1v) is 3.71. The molecule has 60 valence electrons. The molecule has 0 fully saturated rings. The summed E-state index contributed by atoms with van der Waals surface area (Å²) in [5, 5.41) is 0. The van der Waals surface area contributed by atoms with Crippen molar-refractivity contribution in [2.75, 3.05) is 0 Å². The van der Waals surface area contributed by atoms with Gasteiger partial charge in [-0.1, -0.05) is 25.0 Å². The third-order valence-electron chi connectivity index (χ3n) is 1.13. The lowest BCUT2D eigenvalue weighted by atomic mass is 10.2. The van der Waals surface area contributed by atoms with Crippen LogP contribution in [0.15, 0.2) is 23.4 Å². The molecule has 0 aromatic carbocycles. The summed E-state index contributed by atoms with van der Waals surface area (Å²) in [4.78, 5) is 0. The first-order valence-electron chi connectivity index (χ1n) is 3.71. The van der Waals surface area contributed by atoms with Crippen LogP contribution in [0.4, 0.5) is 0 Å². The van der Waals surface area contributed by atoms with E-state index in [0.717, 1.165) is 0 Å². The molecule has 1 heteroatoms. The molecule has 0 radical (unpaired) electrons. The van der Waals surface area contributed by atoms with Crippen LogP contribution in [0, 0.1) is 0 Å². The van der Waals surface area contributed by atoms with Gasteiger partial charge >= 0.3 is 0 Å². The Morgan fingerprint density at radius 3 is 1.60 bits per heavy atom. The van der Waals surface area contributed by atoms with Crippen LogP contribution in [0.3, 0.4) is 0 Å². The molecule has 0 atom stereocenters. The van der Waals surface area contributed by atoms with Crippen LogP contribution >= 0.6 is 0 Å². The zero-order chi connectivity index (χ0) is 8.57. The maximum Gasteiger partial charge on any atom is -0.00597 e. The van der Waals surface area contributed by atoms with E-state index in [1.165, 1.54) is 11.1 Å². The SMILES string of the molecule is CC.CC(C)=C(C)/C=C\N. The van der Waals surface area contributed by atoms with Gasteiger partial charge in [-0.3, -0.25) is 0 Å². The predicted octanol–water partition coefficient (Wildman–Crippen LogP) is 2.84. The fraction of sp³-hybridized carbons (Fsp3) is 0.556. The summed E-state index contributed by atoms with van der Waals surface area (Å²) in [6.07, 6.45) is 3.46.